The summed E-state index contributed by atoms with van der Waals surface area (Å²) in [5.41, 5.74) is 4.85. The molecule has 0 unspecified atom stereocenters. The van der Waals surface area contributed by atoms with E-state index < -0.39 is 0 Å². The van der Waals surface area contributed by atoms with Crippen molar-refractivity contribution in [3.05, 3.63) is 53.3 Å². The first-order valence-electron chi connectivity index (χ1n) is 9.37. The van der Waals surface area contributed by atoms with Gasteiger partial charge in [-0.25, -0.2) is 4.68 Å². The van der Waals surface area contributed by atoms with E-state index in [2.05, 4.69) is 25.9 Å². The van der Waals surface area contributed by atoms with Gasteiger partial charge in [0, 0.05) is 23.5 Å². The molecule has 146 valence electrons. The van der Waals surface area contributed by atoms with Crippen LogP contribution >= 0.6 is 0 Å². The van der Waals surface area contributed by atoms with Crippen LogP contribution in [0.3, 0.4) is 0 Å². The third-order valence-corrected chi connectivity index (χ3v) is 4.56. The van der Waals surface area contributed by atoms with Crippen LogP contribution in [0.4, 0.5) is 17.2 Å². The van der Waals surface area contributed by atoms with Gasteiger partial charge in [-0.1, -0.05) is 13.8 Å². The zero-order valence-electron chi connectivity index (χ0n) is 16.9. The van der Waals surface area contributed by atoms with Crippen LogP contribution in [0.25, 0.3) is 5.82 Å². The van der Waals surface area contributed by atoms with Crippen LogP contribution in [0.5, 0.6) is 0 Å². The third kappa shape index (κ3) is 4.54. The SMILES string of the molecule is Cc1nn(-c2ccc(Nc3ccc(NC(=O)CC(C)C)cc3)nn2)c(C)c1C. The number of carbonyl (C=O) groups is 1. The van der Waals surface area contributed by atoms with E-state index >= 15 is 0 Å². The first-order chi connectivity index (χ1) is 13.3. The molecule has 0 spiro atoms. The lowest BCUT2D eigenvalue weighted by molar-refractivity contribution is -0.116. The van der Waals surface area contributed by atoms with Crippen molar-refractivity contribution in [3.63, 3.8) is 0 Å². The minimum atomic E-state index is 0.0246. The van der Waals surface area contributed by atoms with E-state index in [1.54, 1.807) is 4.68 Å². The second kappa shape index (κ2) is 8.21. The van der Waals surface area contributed by atoms with Crippen molar-refractivity contribution in [2.24, 2.45) is 5.92 Å². The number of hydrogen-bond donors (Lipinski definition) is 2. The summed E-state index contributed by atoms with van der Waals surface area (Å²) in [6.07, 6.45) is 0.511. The summed E-state index contributed by atoms with van der Waals surface area (Å²) < 4.78 is 1.80. The standard InChI is InChI=1S/C21H26N6O/c1-13(2)12-21(28)23-18-8-6-17(7-9-18)22-19-10-11-20(25-24-19)27-16(5)14(3)15(4)26-27/h6-11,13H,12H2,1-5H3,(H,22,24)(H,23,28). The zero-order valence-corrected chi connectivity index (χ0v) is 16.9. The fourth-order valence-electron chi connectivity index (χ4n) is 2.82. The van der Waals surface area contributed by atoms with Crippen molar-refractivity contribution < 1.29 is 4.79 Å². The first kappa shape index (κ1) is 19.5. The monoisotopic (exact) mass is 378 g/mol. The maximum absolute atomic E-state index is 11.8. The molecule has 1 amide bonds. The average molecular weight is 378 g/mol. The van der Waals surface area contributed by atoms with E-state index in [-0.39, 0.29) is 5.91 Å². The summed E-state index contributed by atoms with van der Waals surface area (Å²) >= 11 is 0. The van der Waals surface area contributed by atoms with Gasteiger partial charge in [0.2, 0.25) is 5.91 Å². The predicted molar refractivity (Wildman–Crippen MR) is 111 cm³/mol. The molecule has 0 fully saturated rings. The number of nitrogens with zero attached hydrogens (tertiary/aromatic N) is 4. The van der Waals surface area contributed by atoms with Crippen molar-refractivity contribution in [1.29, 1.82) is 0 Å². The molecule has 0 aliphatic rings. The lowest BCUT2D eigenvalue weighted by atomic mass is 10.1. The Morgan fingerprint density at radius 1 is 1.00 bits per heavy atom. The van der Waals surface area contributed by atoms with Gasteiger partial charge in [-0.3, -0.25) is 4.79 Å². The molecule has 7 heteroatoms. The molecule has 0 atom stereocenters. The maximum Gasteiger partial charge on any atom is 0.224 e. The minimum Gasteiger partial charge on any atom is -0.339 e. The normalized spacial score (nSPS) is 10.9. The van der Waals surface area contributed by atoms with Gasteiger partial charge in [-0.15, -0.1) is 10.2 Å². The second-order valence-electron chi connectivity index (χ2n) is 7.33. The number of benzene rings is 1. The number of nitrogens with one attached hydrogen (secondary N) is 2. The summed E-state index contributed by atoms with van der Waals surface area (Å²) in [6.45, 7) is 10.1. The molecule has 0 bridgehead atoms. The van der Waals surface area contributed by atoms with Gasteiger partial charge in [0.1, 0.15) is 0 Å². The van der Waals surface area contributed by atoms with Crippen LogP contribution in [0.1, 0.15) is 37.2 Å². The number of aryl methyl sites for hydroxylation is 1. The van der Waals surface area contributed by atoms with Crippen LogP contribution in [0.15, 0.2) is 36.4 Å². The van der Waals surface area contributed by atoms with Gasteiger partial charge in [0.15, 0.2) is 11.6 Å². The Bertz CT molecular complexity index is 958. The quantitative estimate of drug-likeness (QED) is 0.667. The Kier molecular flexibility index (Phi) is 5.73. The molecule has 0 radical (unpaired) electrons. The van der Waals surface area contributed by atoms with Gasteiger partial charge in [-0.2, -0.15) is 5.10 Å². The molecule has 28 heavy (non-hydrogen) atoms. The van der Waals surface area contributed by atoms with Crippen LogP contribution in [-0.4, -0.2) is 25.9 Å². The van der Waals surface area contributed by atoms with E-state index in [0.29, 0.717) is 24.0 Å². The Balaban J connectivity index is 1.65. The Morgan fingerprint density at radius 2 is 1.68 bits per heavy atom. The molecule has 3 aromatic rings. The highest BCUT2D eigenvalue weighted by Crippen LogP contribution is 2.19. The van der Waals surface area contributed by atoms with Crippen LogP contribution in [0, 0.1) is 26.7 Å². The Labute approximate surface area is 165 Å². The number of carbonyl (C=O) groups excluding carboxylic acids is 1. The molecule has 2 aromatic heterocycles. The molecule has 0 aliphatic carbocycles. The Morgan fingerprint density at radius 3 is 2.21 bits per heavy atom. The molecule has 0 saturated heterocycles. The highest BCUT2D eigenvalue weighted by Gasteiger charge is 2.10. The highest BCUT2D eigenvalue weighted by molar-refractivity contribution is 5.91. The number of rotatable bonds is 6. The van der Waals surface area contributed by atoms with Gasteiger partial charge in [0.25, 0.3) is 0 Å². The van der Waals surface area contributed by atoms with Crippen LogP contribution < -0.4 is 10.6 Å². The average Bonchev–Trinajstić information content (AvgIpc) is 2.91. The van der Waals surface area contributed by atoms with E-state index in [9.17, 15) is 4.79 Å². The lowest BCUT2D eigenvalue weighted by Crippen LogP contribution is -2.13. The number of anilines is 3. The fraction of sp³-hybridized carbons (Fsp3) is 0.333. The first-order valence-corrected chi connectivity index (χ1v) is 9.37. The largest absolute Gasteiger partial charge is 0.339 e. The number of aromatic nitrogens is 4. The third-order valence-electron chi connectivity index (χ3n) is 4.56. The highest BCUT2D eigenvalue weighted by atomic mass is 16.1. The minimum absolute atomic E-state index is 0.0246. The molecule has 2 N–H and O–H groups in total. The molecular formula is C21H26N6O. The van der Waals surface area contributed by atoms with E-state index in [0.717, 1.165) is 28.3 Å². The van der Waals surface area contributed by atoms with E-state index in [1.807, 2.05) is 71.0 Å². The second-order valence-corrected chi connectivity index (χ2v) is 7.33. The fourth-order valence-corrected chi connectivity index (χ4v) is 2.82. The van der Waals surface area contributed by atoms with Gasteiger partial charge in [0.05, 0.1) is 5.69 Å². The zero-order chi connectivity index (χ0) is 20.3. The van der Waals surface area contributed by atoms with Gasteiger partial charge >= 0.3 is 0 Å². The van der Waals surface area contributed by atoms with Crippen LogP contribution in [0.2, 0.25) is 0 Å². The summed E-state index contributed by atoms with van der Waals surface area (Å²) in [5.74, 6) is 1.68. The molecule has 0 saturated carbocycles. The molecule has 7 nitrogen and oxygen atoms in total. The van der Waals surface area contributed by atoms with Crippen LogP contribution in [-0.2, 0) is 4.79 Å². The molecule has 3 rings (SSSR count). The van der Waals surface area contributed by atoms with E-state index in [1.165, 1.54) is 0 Å². The molecular weight excluding hydrogens is 352 g/mol. The van der Waals surface area contributed by atoms with Gasteiger partial charge in [-0.05, 0) is 68.7 Å². The summed E-state index contributed by atoms with van der Waals surface area (Å²) in [4.78, 5) is 11.8. The maximum atomic E-state index is 11.8. The van der Waals surface area contributed by atoms with Crippen molar-refractivity contribution in [1.82, 2.24) is 20.0 Å². The van der Waals surface area contributed by atoms with Crippen molar-refractivity contribution in [3.8, 4) is 5.82 Å². The summed E-state index contributed by atoms with van der Waals surface area (Å²) in [7, 11) is 0. The molecule has 0 aliphatic heterocycles. The van der Waals surface area contributed by atoms with Crippen molar-refractivity contribution in [2.75, 3.05) is 10.6 Å². The summed E-state index contributed by atoms with van der Waals surface area (Å²) in [6, 6.07) is 11.3. The van der Waals surface area contributed by atoms with Crippen molar-refractivity contribution in [2.45, 2.75) is 41.0 Å². The number of hydrogen-bond acceptors (Lipinski definition) is 5. The van der Waals surface area contributed by atoms with Gasteiger partial charge < -0.3 is 10.6 Å². The van der Waals surface area contributed by atoms with Crippen molar-refractivity contribution >= 4 is 23.1 Å². The lowest BCUT2D eigenvalue weighted by Gasteiger charge is -2.09. The topological polar surface area (TPSA) is 84.7 Å². The van der Waals surface area contributed by atoms with E-state index in [4.69, 9.17) is 0 Å². The smallest absolute Gasteiger partial charge is 0.224 e. The molecule has 2 heterocycles. The predicted octanol–water partition coefficient (Wildman–Crippen LogP) is 4.32. The Hall–Kier alpha value is -3.22. The molecule has 1 aromatic carbocycles. The number of amides is 1. The summed E-state index contributed by atoms with van der Waals surface area (Å²) in [5, 5.41) is 19.1.